The zero-order valence-electron chi connectivity index (χ0n) is 20.2. The first kappa shape index (κ1) is 22.3. The van der Waals surface area contributed by atoms with Crippen LogP contribution in [-0.4, -0.2) is 56.6 Å². The van der Waals surface area contributed by atoms with Crippen LogP contribution in [0.1, 0.15) is 43.6 Å². The number of anilines is 1. The zero-order chi connectivity index (χ0) is 23.7. The normalized spacial score (nSPS) is 16.3. The summed E-state index contributed by atoms with van der Waals surface area (Å²) in [7, 11) is 0. The van der Waals surface area contributed by atoms with E-state index in [0.717, 1.165) is 60.8 Å². The maximum atomic E-state index is 13.2. The second-order valence-electron chi connectivity index (χ2n) is 9.17. The SMILES string of the molecule is CCN(CC)C(=O)C1CCCN(c2nc3ccc(C)cc3c3nnc(Cc4ccccc4)n23)C1. The molecule has 0 N–H and O–H groups in total. The maximum Gasteiger partial charge on any atom is 0.227 e. The Labute approximate surface area is 200 Å². The van der Waals surface area contributed by atoms with Crippen LogP contribution >= 0.6 is 0 Å². The van der Waals surface area contributed by atoms with E-state index in [1.165, 1.54) is 11.1 Å². The molecule has 1 atom stereocenters. The number of piperidine rings is 1. The molecular weight excluding hydrogens is 424 g/mol. The minimum Gasteiger partial charge on any atom is -0.343 e. The number of aryl methyl sites for hydroxylation is 1. The molecule has 0 spiro atoms. The van der Waals surface area contributed by atoms with E-state index in [1.54, 1.807) is 0 Å². The van der Waals surface area contributed by atoms with Crippen LogP contribution in [0.4, 0.5) is 5.95 Å². The van der Waals surface area contributed by atoms with Gasteiger partial charge in [-0.15, -0.1) is 10.2 Å². The van der Waals surface area contributed by atoms with Gasteiger partial charge in [0.2, 0.25) is 11.9 Å². The van der Waals surface area contributed by atoms with Crippen molar-refractivity contribution in [3.8, 4) is 0 Å². The number of hydrogen-bond acceptors (Lipinski definition) is 5. The smallest absolute Gasteiger partial charge is 0.227 e. The van der Waals surface area contributed by atoms with Crippen LogP contribution in [0.3, 0.4) is 0 Å². The molecule has 4 aromatic rings. The number of fused-ring (bicyclic) bond motifs is 3. The molecule has 1 aliphatic rings. The molecule has 0 bridgehead atoms. The molecule has 0 radical (unpaired) electrons. The average molecular weight is 457 g/mol. The number of carbonyl (C=O) groups excluding carboxylic acids is 1. The highest BCUT2D eigenvalue weighted by molar-refractivity contribution is 5.93. The molecule has 3 heterocycles. The van der Waals surface area contributed by atoms with E-state index >= 15 is 0 Å². The lowest BCUT2D eigenvalue weighted by Crippen LogP contribution is -2.45. The minimum atomic E-state index is -0.0201. The van der Waals surface area contributed by atoms with Gasteiger partial charge in [-0.3, -0.25) is 4.79 Å². The van der Waals surface area contributed by atoms with Crippen molar-refractivity contribution in [1.82, 2.24) is 24.5 Å². The molecule has 0 saturated carbocycles. The summed E-state index contributed by atoms with van der Waals surface area (Å²) in [6.07, 6.45) is 2.55. The van der Waals surface area contributed by atoms with E-state index in [4.69, 9.17) is 4.98 Å². The Kier molecular flexibility index (Phi) is 6.18. The van der Waals surface area contributed by atoms with Crippen molar-refractivity contribution in [1.29, 1.82) is 0 Å². The Bertz CT molecular complexity index is 1310. The minimum absolute atomic E-state index is 0.0201. The van der Waals surface area contributed by atoms with E-state index in [-0.39, 0.29) is 11.8 Å². The van der Waals surface area contributed by atoms with Crippen LogP contribution in [0.25, 0.3) is 16.6 Å². The predicted molar refractivity (Wildman–Crippen MR) is 135 cm³/mol. The van der Waals surface area contributed by atoms with Gasteiger partial charge >= 0.3 is 0 Å². The number of nitrogens with zero attached hydrogens (tertiary/aromatic N) is 6. The quantitative estimate of drug-likeness (QED) is 0.434. The summed E-state index contributed by atoms with van der Waals surface area (Å²) in [5.74, 6) is 1.92. The Balaban J connectivity index is 1.60. The van der Waals surface area contributed by atoms with Crippen LogP contribution < -0.4 is 4.90 Å². The highest BCUT2D eigenvalue weighted by Gasteiger charge is 2.31. The molecule has 1 aliphatic heterocycles. The number of aromatic nitrogens is 4. The number of benzene rings is 2. The van der Waals surface area contributed by atoms with Gasteiger partial charge in [0.25, 0.3) is 0 Å². The van der Waals surface area contributed by atoms with Crippen molar-refractivity contribution in [3.63, 3.8) is 0 Å². The van der Waals surface area contributed by atoms with Gasteiger partial charge in [0.15, 0.2) is 5.65 Å². The number of amides is 1. The van der Waals surface area contributed by atoms with Crippen molar-refractivity contribution in [2.45, 2.75) is 40.0 Å². The van der Waals surface area contributed by atoms with Crippen molar-refractivity contribution in [3.05, 3.63) is 65.5 Å². The average Bonchev–Trinajstić information content (AvgIpc) is 3.29. The van der Waals surface area contributed by atoms with Gasteiger partial charge in [0.1, 0.15) is 5.82 Å². The van der Waals surface area contributed by atoms with Crippen molar-refractivity contribution in [2.24, 2.45) is 5.92 Å². The van der Waals surface area contributed by atoms with E-state index in [1.807, 2.05) is 36.9 Å². The third kappa shape index (κ3) is 4.11. The Hall–Kier alpha value is -3.48. The Morgan fingerprint density at radius 2 is 1.88 bits per heavy atom. The maximum absolute atomic E-state index is 13.2. The summed E-state index contributed by atoms with van der Waals surface area (Å²) in [5.41, 5.74) is 4.08. The molecule has 176 valence electrons. The molecule has 5 rings (SSSR count). The fourth-order valence-corrected chi connectivity index (χ4v) is 5.04. The Morgan fingerprint density at radius 1 is 1.09 bits per heavy atom. The second kappa shape index (κ2) is 9.41. The molecule has 7 nitrogen and oxygen atoms in total. The topological polar surface area (TPSA) is 66.6 Å². The summed E-state index contributed by atoms with van der Waals surface area (Å²) in [6.45, 7) is 9.20. The standard InChI is InChI=1S/C27H32N6O/c1-4-31(5-2)26(34)21-12-9-15-32(18-21)27-28-23-14-13-19(3)16-22(23)25-30-29-24(33(25)27)17-20-10-7-6-8-11-20/h6-8,10-11,13-14,16,21H,4-5,9,12,15,17-18H2,1-3H3. The molecule has 2 aromatic carbocycles. The van der Waals surface area contributed by atoms with Crippen molar-refractivity contribution >= 4 is 28.4 Å². The molecule has 7 heteroatoms. The van der Waals surface area contributed by atoms with Crippen LogP contribution in [-0.2, 0) is 11.2 Å². The first-order valence-corrected chi connectivity index (χ1v) is 12.3. The van der Waals surface area contributed by atoms with Crippen LogP contribution in [0.2, 0.25) is 0 Å². The lowest BCUT2D eigenvalue weighted by molar-refractivity contribution is -0.135. The predicted octanol–water partition coefficient (Wildman–Crippen LogP) is 4.26. The van der Waals surface area contributed by atoms with Gasteiger partial charge in [-0.25, -0.2) is 9.38 Å². The van der Waals surface area contributed by atoms with E-state index in [0.29, 0.717) is 13.0 Å². The van der Waals surface area contributed by atoms with Gasteiger partial charge in [0, 0.05) is 38.0 Å². The van der Waals surface area contributed by atoms with Gasteiger partial charge in [-0.05, 0) is 51.3 Å². The van der Waals surface area contributed by atoms with Crippen LogP contribution in [0.5, 0.6) is 0 Å². The largest absolute Gasteiger partial charge is 0.343 e. The third-order valence-corrected chi connectivity index (χ3v) is 6.88. The Morgan fingerprint density at radius 3 is 2.65 bits per heavy atom. The summed E-state index contributed by atoms with van der Waals surface area (Å²) in [5, 5.41) is 10.2. The van der Waals surface area contributed by atoms with E-state index < -0.39 is 0 Å². The summed E-state index contributed by atoms with van der Waals surface area (Å²) in [6, 6.07) is 16.6. The zero-order valence-corrected chi connectivity index (χ0v) is 20.2. The molecule has 1 saturated heterocycles. The fraction of sp³-hybridized carbons (Fsp3) is 0.407. The van der Waals surface area contributed by atoms with E-state index in [2.05, 4.69) is 56.8 Å². The summed E-state index contributed by atoms with van der Waals surface area (Å²) in [4.78, 5) is 22.5. The van der Waals surface area contributed by atoms with Gasteiger partial charge in [-0.2, -0.15) is 0 Å². The van der Waals surface area contributed by atoms with Crippen molar-refractivity contribution in [2.75, 3.05) is 31.1 Å². The second-order valence-corrected chi connectivity index (χ2v) is 9.17. The molecular formula is C27H32N6O. The fourth-order valence-electron chi connectivity index (χ4n) is 5.04. The van der Waals surface area contributed by atoms with Crippen LogP contribution in [0, 0.1) is 12.8 Å². The first-order valence-electron chi connectivity index (χ1n) is 12.3. The van der Waals surface area contributed by atoms with Gasteiger partial charge in [0.05, 0.1) is 11.4 Å². The highest BCUT2D eigenvalue weighted by atomic mass is 16.2. The molecule has 34 heavy (non-hydrogen) atoms. The number of hydrogen-bond donors (Lipinski definition) is 0. The number of rotatable bonds is 6. The monoisotopic (exact) mass is 456 g/mol. The van der Waals surface area contributed by atoms with Crippen LogP contribution in [0.15, 0.2) is 48.5 Å². The molecule has 2 aromatic heterocycles. The van der Waals surface area contributed by atoms with Crippen molar-refractivity contribution < 1.29 is 4.79 Å². The lowest BCUT2D eigenvalue weighted by Gasteiger charge is -2.35. The highest BCUT2D eigenvalue weighted by Crippen LogP contribution is 2.29. The summed E-state index contributed by atoms with van der Waals surface area (Å²) >= 11 is 0. The van der Waals surface area contributed by atoms with Gasteiger partial charge < -0.3 is 9.80 Å². The number of carbonyl (C=O) groups is 1. The van der Waals surface area contributed by atoms with Gasteiger partial charge in [-0.1, -0.05) is 42.0 Å². The summed E-state index contributed by atoms with van der Waals surface area (Å²) < 4.78 is 2.11. The molecule has 1 amide bonds. The first-order chi connectivity index (χ1) is 16.6. The molecule has 1 fully saturated rings. The molecule has 0 aliphatic carbocycles. The lowest BCUT2D eigenvalue weighted by atomic mass is 9.96. The molecule has 1 unspecified atom stereocenters. The van der Waals surface area contributed by atoms with E-state index in [9.17, 15) is 4.79 Å². The third-order valence-electron chi connectivity index (χ3n) is 6.88.